The number of sulfonamides is 1. The number of amides is 1. The van der Waals surface area contributed by atoms with E-state index in [0.29, 0.717) is 31.1 Å². The van der Waals surface area contributed by atoms with Gasteiger partial charge in [-0.2, -0.15) is 0 Å². The fourth-order valence-electron chi connectivity index (χ4n) is 3.69. The van der Waals surface area contributed by atoms with Crippen molar-refractivity contribution in [2.24, 2.45) is 11.8 Å². The Morgan fingerprint density at radius 1 is 1.33 bits per heavy atom. The van der Waals surface area contributed by atoms with Crippen molar-refractivity contribution in [3.63, 3.8) is 0 Å². The van der Waals surface area contributed by atoms with Crippen molar-refractivity contribution in [2.75, 3.05) is 19.6 Å². The number of likely N-dealkylation sites (tertiary alicyclic amines) is 1. The van der Waals surface area contributed by atoms with Gasteiger partial charge in [0.05, 0.1) is 5.02 Å². The third-order valence-corrected chi connectivity index (χ3v) is 7.15. The molecule has 0 spiro atoms. The Labute approximate surface area is 166 Å². The van der Waals surface area contributed by atoms with Crippen molar-refractivity contribution in [3.8, 4) is 0 Å². The van der Waals surface area contributed by atoms with E-state index in [0.717, 1.165) is 12.8 Å². The van der Waals surface area contributed by atoms with E-state index >= 15 is 0 Å². The van der Waals surface area contributed by atoms with Gasteiger partial charge in [-0.05, 0) is 55.7 Å². The summed E-state index contributed by atoms with van der Waals surface area (Å²) in [5.74, 6) is 0.634. The molecule has 1 atom stereocenters. The van der Waals surface area contributed by atoms with Gasteiger partial charge < -0.3 is 4.90 Å². The molecule has 0 saturated carbocycles. The summed E-state index contributed by atoms with van der Waals surface area (Å²) in [5, 5.41) is 0.122. The molecular formula is C20H27ClN2O3S. The Balaban J connectivity index is 1.81. The van der Waals surface area contributed by atoms with E-state index in [4.69, 9.17) is 11.6 Å². The zero-order valence-electron chi connectivity index (χ0n) is 15.9. The van der Waals surface area contributed by atoms with E-state index in [9.17, 15) is 13.2 Å². The maximum absolute atomic E-state index is 13.0. The maximum atomic E-state index is 13.0. The highest BCUT2D eigenvalue weighted by atomic mass is 35.5. The summed E-state index contributed by atoms with van der Waals surface area (Å²) < 4.78 is 27.7. The molecule has 3 rings (SSSR count). The third kappa shape index (κ3) is 4.73. The number of carbonyl (C=O) groups excluding carboxylic acids is 1. The lowest BCUT2D eigenvalue weighted by Crippen LogP contribution is -2.40. The van der Waals surface area contributed by atoms with Crippen molar-refractivity contribution in [3.05, 3.63) is 40.4 Å². The molecule has 2 aliphatic rings. The van der Waals surface area contributed by atoms with Crippen molar-refractivity contribution < 1.29 is 13.2 Å². The predicted octanol–water partition coefficient (Wildman–Crippen LogP) is 3.85. The number of hydrogen-bond acceptors (Lipinski definition) is 3. The topological polar surface area (TPSA) is 66.5 Å². The number of halogens is 1. The summed E-state index contributed by atoms with van der Waals surface area (Å²) in [7, 11) is -3.76. The minimum Gasteiger partial charge on any atom is -0.335 e. The van der Waals surface area contributed by atoms with E-state index in [1.807, 2.05) is 18.7 Å². The summed E-state index contributed by atoms with van der Waals surface area (Å²) in [4.78, 5) is 14.7. The van der Waals surface area contributed by atoms with E-state index in [1.54, 1.807) is 6.07 Å². The van der Waals surface area contributed by atoms with Gasteiger partial charge in [0.15, 0.2) is 0 Å². The maximum Gasteiger partial charge on any atom is 0.254 e. The molecule has 1 amide bonds. The van der Waals surface area contributed by atoms with E-state index < -0.39 is 10.0 Å². The monoisotopic (exact) mass is 410 g/mol. The smallest absolute Gasteiger partial charge is 0.254 e. The van der Waals surface area contributed by atoms with Crippen molar-refractivity contribution in [2.45, 2.75) is 44.4 Å². The number of nitrogens with zero attached hydrogens (tertiary/aromatic N) is 1. The molecular weight excluding hydrogens is 384 g/mol. The van der Waals surface area contributed by atoms with Crippen LogP contribution in [0.5, 0.6) is 0 Å². The highest BCUT2D eigenvalue weighted by molar-refractivity contribution is 7.89. The van der Waals surface area contributed by atoms with Crippen LogP contribution in [0.2, 0.25) is 5.02 Å². The predicted molar refractivity (Wildman–Crippen MR) is 107 cm³/mol. The summed E-state index contributed by atoms with van der Waals surface area (Å²) in [5.41, 5.74) is 1.71. The van der Waals surface area contributed by atoms with Gasteiger partial charge in [-0.1, -0.05) is 37.1 Å². The Bertz CT molecular complexity index is 849. The van der Waals surface area contributed by atoms with Crippen LogP contribution in [0.25, 0.3) is 0 Å². The summed E-state index contributed by atoms with van der Waals surface area (Å²) >= 11 is 6.12. The van der Waals surface area contributed by atoms with Crippen LogP contribution in [0.4, 0.5) is 0 Å². The molecule has 0 bridgehead atoms. The highest BCUT2D eigenvalue weighted by Crippen LogP contribution is 2.32. The molecule has 0 unspecified atom stereocenters. The molecule has 148 valence electrons. The number of carbonyl (C=O) groups is 1. The largest absolute Gasteiger partial charge is 0.335 e. The quantitative estimate of drug-likeness (QED) is 0.750. The minimum atomic E-state index is -3.76. The van der Waals surface area contributed by atoms with Gasteiger partial charge in [0.2, 0.25) is 10.0 Å². The SMILES string of the molecule is CC(C)CNS(=O)(=O)c1cc(C(=O)N2CC[C@H]3CCCC=C3C2)ccc1Cl. The van der Waals surface area contributed by atoms with Crippen LogP contribution in [0.3, 0.4) is 0 Å². The van der Waals surface area contributed by atoms with Crippen LogP contribution in [0.1, 0.15) is 49.9 Å². The van der Waals surface area contributed by atoms with E-state index in [-0.39, 0.29) is 21.7 Å². The van der Waals surface area contributed by atoms with Gasteiger partial charge in [0.1, 0.15) is 4.90 Å². The third-order valence-electron chi connectivity index (χ3n) is 5.25. The zero-order chi connectivity index (χ0) is 19.6. The molecule has 27 heavy (non-hydrogen) atoms. The first-order valence-electron chi connectivity index (χ1n) is 9.55. The van der Waals surface area contributed by atoms with Crippen LogP contribution in [0, 0.1) is 11.8 Å². The van der Waals surface area contributed by atoms with E-state index in [1.165, 1.54) is 30.5 Å². The highest BCUT2D eigenvalue weighted by Gasteiger charge is 2.29. The molecule has 1 N–H and O–H groups in total. The Hall–Kier alpha value is -1.37. The van der Waals surface area contributed by atoms with Crippen molar-refractivity contribution >= 4 is 27.5 Å². The van der Waals surface area contributed by atoms with Crippen molar-refractivity contribution in [1.82, 2.24) is 9.62 Å². The van der Waals surface area contributed by atoms with Gasteiger partial charge in [-0.25, -0.2) is 13.1 Å². The zero-order valence-corrected chi connectivity index (χ0v) is 17.4. The molecule has 0 aromatic heterocycles. The minimum absolute atomic E-state index is 0.0394. The van der Waals surface area contributed by atoms with Gasteiger partial charge >= 0.3 is 0 Å². The van der Waals surface area contributed by atoms with Crippen LogP contribution in [-0.4, -0.2) is 38.9 Å². The standard InChI is InChI=1S/C20H27ClN2O3S/c1-14(2)12-22-27(25,26)19-11-16(7-8-18(19)21)20(24)23-10-9-15-5-3-4-6-17(15)13-23/h6-8,11,14-15,22H,3-5,9-10,12-13H2,1-2H3/t15-/m1/s1. The molecule has 1 aliphatic carbocycles. The molecule has 1 aromatic rings. The lowest BCUT2D eigenvalue weighted by molar-refractivity contribution is 0.0730. The first-order valence-corrected chi connectivity index (χ1v) is 11.4. The van der Waals surface area contributed by atoms with Crippen LogP contribution in [-0.2, 0) is 10.0 Å². The molecule has 5 nitrogen and oxygen atoms in total. The summed E-state index contributed by atoms with van der Waals surface area (Å²) in [6.07, 6.45) is 6.76. The second-order valence-electron chi connectivity index (χ2n) is 7.81. The number of piperidine rings is 1. The average Bonchev–Trinajstić information content (AvgIpc) is 2.66. The number of allylic oxidation sites excluding steroid dienone is 1. The van der Waals surface area contributed by atoms with Gasteiger partial charge in [-0.15, -0.1) is 0 Å². The van der Waals surface area contributed by atoms with Gasteiger partial charge in [0.25, 0.3) is 5.91 Å². The molecule has 1 aliphatic heterocycles. The van der Waals surface area contributed by atoms with Crippen LogP contribution in [0.15, 0.2) is 34.7 Å². The number of fused-ring (bicyclic) bond motifs is 1. The lowest BCUT2D eigenvalue weighted by Gasteiger charge is -2.36. The number of benzene rings is 1. The van der Waals surface area contributed by atoms with E-state index in [2.05, 4.69) is 10.8 Å². The Morgan fingerprint density at radius 3 is 2.85 bits per heavy atom. The van der Waals surface area contributed by atoms with Crippen LogP contribution < -0.4 is 4.72 Å². The first kappa shape index (κ1) is 20.4. The molecule has 1 aromatic carbocycles. The van der Waals surface area contributed by atoms with Gasteiger partial charge in [-0.3, -0.25) is 4.79 Å². The number of nitrogens with one attached hydrogen (secondary N) is 1. The fourth-order valence-corrected chi connectivity index (χ4v) is 5.43. The molecule has 1 fully saturated rings. The summed E-state index contributed by atoms with van der Waals surface area (Å²) in [6.45, 7) is 5.51. The molecule has 1 saturated heterocycles. The summed E-state index contributed by atoms with van der Waals surface area (Å²) in [6, 6.07) is 4.49. The Morgan fingerprint density at radius 2 is 2.11 bits per heavy atom. The first-order chi connectivity index (χ1) is 12.8. The second kappa shape index (κ2) is 8.33. The Kier molecular flexibility index (Phi) is 6.28. The molecule has 7 heteroatoms. The number of hydrogen-bond donors (Lipinski definition) is 1. The normalized spacial score (nSPS) is 20.4. The molecule has 0 radical (unpaired) electrons. The fraction of sp³-hybridized carbons (Fsp3) is 0.550. The second-order valence-corrected chi connectivity index (χ2v) is 9.96. The number of rotatable bonds is 5. The average molecular weight is 411 g/mol. The lowest BCUT2D eigenvalue weighted by atomic mass is 9.82. The van der Waals surface area contributed by atoms with Crippen molar-refractivity contribution in [1.29, 1.82) is 0 Å². The molecule has 1 heterocycles. The van der Waals surface area contributed by atoms with Crippen LogP contribution >= 0.6 is 11.6 Å². The van der Waals surface area contributed by atoms with Gasteiger partial charge in [0, 0.05) is 25.2 Å².